The van der Waals surface area contributed by atoms with E-state index in [0.717, 1.165) is 37.2 Å². The molecule has 1 aliphatic rings. The molecule has 1 aromatic heterocycles. The van der Waals surface area contributed by atoms with Gasteiger partial charge in [-0.25, -0.2) is 0 Å². The van der Waals surface area contributed by atoms with Gasteiger partial charge in [-0.3, -0.25) is 4.68 Å². The van der Waals surface area contributed by atoms with Crippen LogP contribution in [0.25, 0.3) is 0 Å². The highest BCUT2D eigenvalue weighted by molar-refractivity contribution is 6.35. The van der Waals surface area contributed by atoms with Crippen molar-refractivity contribution in [2.24, 2.45) is 0 Å². The number of ether oxygens (including phenoxy) is 1. The largest absolute Gasteiger partial charge is 0.492 e. The molecular weight excluding hydrogens is 311 g/mol. The molecule has 5 nitrogen and oxygen atoms in total. The van der Waals surface area contributed by atoms with Crippen molar-refractivity contribution in [2.75, 3.05) is 13.2 Å². The van der Waals surface area contributed by atoms with Crippen molar-refractivity contribution in [3.63, 3.8) is 0 Å². The Kier molecular flexibility index (Phi) is 4.63. The van der Waals surface area contributed by atoms with Gasteiger partial charge in [-0.2, -0.15) is 0 Å². The molecule has 1 aliphatic heterocycles. The number of hydrogen-bond acceptors (Lipinski definition) is 4. The summed E-state index contributed by atoms with van der Waals surface area (Å²) in [7, 11) is 0. The zero-order chi connectivity index (χ0) is 14.7. The van der Waals surface area contributed by atoms with Gasteiger partial charge in [0, 0.05) is 35.8 Å². The smallest absolute Gasteiger partial charge is 0.142 e. The summed E-state index contributed by atoms with van der Waals surface area (Å²) in [6, 6.07) is 3.87. The highest BCUT2D eigenvalue weighted by Gasteiger charge is 2.23. The van der Waals surface area contributed by atoms with Gasteiger partial charge in [0.1, 0.15) is 5.75 Å². The Bertz CT molecular complexity index is 603. The van der Waals surface area contributed by atoms with E-state index < -0.39 is 0 Å². The lowest BCUT2D eigenvalue weighted by molar-refractivity contribution is 0.252. The number of halogens is 2. The molecule has 0 fully saturated rings. The van der Waals surface area contributed by atoms with Crippen molar-refractivity contribution in [1.82, 2.24) is 20.3 Å². The van der Waals surface area contributed by atoms with Crippen LogP contribution in [0.1, 0.15) is 24.4 Å². The molecule has 2 heterocycles. The van der Waals surface area contributed by atoms with Crippen LogP contribution in [0.15, 0.2) is 24.5 Å². The Hall–Kier alpha value is -1.30. The van der Waals surface area contributed by atoms with Crippen molar-refractivity contribution < 1.29 is 4.74 Å². The van der Waals surface area contributed by atoms with Crippen molar-refractivity contribution in [3.05, 3.63) is 40.1 Å². The van der Waals surface area contributed by atoms with Crippen LogP contribution >= 0.6 is 23.2 Å². The van der Waals surface area contributed by atoms with Crippen LogP contribution in [-0.4, -0.2) is 28.1 Å². The monoisotopic (exact) mass is 326 g/mol. The third kappa shape index (κ3) is 3.48. The van der Waals surface area contributed by atoms with Crippen molar-refractivity contribution in [2.45, 2.75) is 25.4 Å². The first-order valence-corrected chi connectivity index (χ1v) is 7.69. The summed E-state index contributed by atoms with van der Waals surface area (Å²) in [6.45, 7) is 2.39. The minimum absolute atomic E-state index is 0.223. The summed E-state index contributed by atoms with van der Waals surface area (Å²) in [4.78, 5) is 0. The summed E-state index contributed by atoms with van der Waals surface area (Å²) in [5.41, 5.74) is 1.04. The molecule has 1 aromatic carbocycles. The molecule has 0 spiro atoms. The summed E-state index contributed by atoms with van der Waals surface area (Å²) in [5.74, 6) is 0.751. The van der Waals surface area contributed by atoms with Gasteiger partial charge in [0.05, 0.1) is 17.8 Å². The molecule has 1 N–H and O–H groups in total. The van der Waals surface area contributed by atoms with E-state index in [1.165, 1.54) is 0 Å². The fraction of sp³-hybridized carbons (Fsp3) is 0.429. The van der Waals surface area contributed by atoms with Gasteiger partial charge in [-0.15, -0.1) is 5.10 Å². The number of aromatic nitrogens is 3. The molecule has 1 unspecified atom stereocenters. The van der Waals surface area contributed by atoms with E-state index in [2.05, 4.69) is 15.6 Å². The number of nitrogens with zero attached hydrogens (tertiary/aromatic N) is 3. The molecular formula is C14H16Cl2N4O. The Labute approximate surface area is 133 Å². The van der Waals surface area contributed by atoms with E-state index in [-0.39, 0.29) is 6.04 Å². The molecule has 21 heavy (non-hydrogen) atoms. The highest BCUT2D eigenvalue weighted by atomic mass is 35.5. The first kappa shape index (κ1) is 14.6. The first-order valence-electron chi connectivity index (χ1n) is 6.93. The van der Waals surface area contributed by atoms with E-state index in [0.29, 0.717) is 16.7 Å². The number of aryl methyl sites for hydroxylation is 1. The predicted octanol–water partition coefficient (Wildman–Crippen LogP) is 3.09. The maximum atomic E-state index is 6.19. The quantitative estimate of drug-likeness (QED) is 0.858. The third-order valence-electron chi connectivity index (χ3n) is 3.49. The number of rotatable bonds is 5. The van der Waals surface area contributed by atoms with Crippen LogP contribution in [0.5, 0.6) is 5.75 Å². The topological polar surface area (TPSA) is 52.0 Å². The molecule has 0 bridgehead atoms. The number of benzene rings is 1. The van der Waals surface area contributed by atoms with Gasteiger partial charge in [0.15, 0.2) is 0 Å². The molecule has 112 valence electrons. The zero-order valence-electron chi connectivity index (χ0n) is 11.4. The zero-order valence-corrected chi connectivity index (χ0v) is 12.9. The average Bonchev–Trinajstić information content (AvgIpc) is 2.97. The van der Waals surface area contributed by atoms with E-state index in [9.17, 15) is 0 Å². The molecule has 0 saturated carbocycles. The third-order valence-corrected chi connectivity index (χ3v) is 3.99. The summed E-state index contributed by atoms with van der Waals surface area (Å²) < 4.78 is 7.48. The SMILES string of the molecule is Clc1cc(Cl)c2c(c1)C(NCCCn1ccnn1)CCO2. The molecule has 0 saturated heterocycles. The van der Waals surface area contributed by atoms with Crippen LogP contribution in [0.3, 0.4) is 0 Å². The number of nitrogens with one attached hydrogen (secondary N) is 1. The van der Waals surface area contributed by atoms with E-state index in [4.69, 9.17) is 27.9 Å². The van der Waals surface area contributed by atoms with Gasteiger partial charge in [0.25, 0.3) is 0 Å². The molecule has 7 heteroatoms. The molecule has 3 rings (SSSR count). The van der Waals surface area contributed by atoms with Gasteiger partial charge >= 0.3 is 0 Å². The highest BCUT2D eigenvalue weighted by Crippen LogP contribution is 2.39. The van der Waals surface area contributed by atoms with Crippen LogP contribution < -0.4 is 10.1 Å². The lowest BCUT2D eigenvalue weighted by Gasteiger charge is -2.27. The minimum atomic E-state index is 0.223. The summed E-state index contributed by atoms with van der Waals surface area (Å²) >= 11 is 12.3. The van der Waals surface area contributed by atoms with Crippen LogP contribution in [-0.2, 0) is 6.54 Å². The second kappa shape index (κ2) is 6.64. The Morgan fingerprint density at radius 1 is 1.38 bits per heavy atom. The predicted molar refractivity (Wildman–Crippen MR) is 82.0 cm³/mol. The molecule has 2 aromatic rings. The van der Waals surface area contributed by atoms with Crippen LogP contribution in [0.2, 0.25) is 10.0 Å². The number of hydrogen-bond donors (Lipinski definition) is 1. The van der Waals surface area contributed by atoms with Gasteiger partial charge in [-0.1, -0.05) is 28.4 Å². The molecule has 0 radical (unpaired) electrons. The van der Waals surface area contributed by atoms with E-state index in [1.54, 1.807) is 12.3 Å². The van der Waals surface area contributed by atoms with Gasteiger partial charge in [0.2, 0.25) is 0 Å². The van der Waals surface area contributed by atoms with Crippen molar-refractivity contribution >= 4 is 23.2 Å². The maximum Gasteiger partial charge on any atom is 0.142 e. The van der Waals surface area contributed by atoms with Crippen molar-refractivity contribution in [1.29, 1.82) is 0 Å². The fourth-order valence-electron chi connectivity index (χ4n) is 2.51. The minimum Gasteiger partial charge on any atom is -0.492 e. The van der Waals surface area contributed by atoms with Crippen LogP contribution in [0.4, 0.5) is 0 Å². The summed E-state index contributed by atoms with van der Waals surface area (Å²) in [6.07, 6.45) is 5.44. The summed E-state index contributed by atoms with van der Waals surface area (Å²) in [5, 5.41) is 12.5. The Morgan fingerprint density at radius 2 is 2.29 bits per heavy atom. The lowest BCUT2D eigenvalue weighted by Crippen LogP contribution is -2.28. The standard InChI is InChI=1S/C14H16Cl2N4O/c15-10-8-11-13(2-7-21-14(11)12(16)9-10)17-3-1-5-20-6-4-18-19-20/h4,6,8-9,13,17H,1-3,5,7H2. The molecule has 0 amide bonds. The number of fused-ring (bicyclic) bond motifs is 1. The molecule has 1 atom stereocenters. The van der Waals surface area contributed by atoms with Crippen molar-refractivity contribution in [3.8, 4) is 5.75 Å². The fourth-order valence-corrected chi connectivity index (χ4v) is 3.07. The maximum absolute atomic E-state index is 6.19. The lowest BCUT2D eigenvalue weighted by atomic mass is 10.0. The van der Waals surface area contributed by atoms with E-state index in [1.807, 2.05) is 16.9 Å². The Morgan fingerprint density at radius 3 is 3.10 bits per heavy atom. The normalized spacial score (nSPS) is 17.3. The first-order chi connectivity index (χ1) is 10.2. The molecule has 0 aliphatic carbocycles. The van der Waals surface area contributed by atoms with E-state index >= 15 is 0 Å². The Balaban J connectivity index is 1.60. The van der Waals surface area contributed by atoms with Crippen LogP contribution in [0, 0.1) is 0 Å². The second-order valence-electron chi connectivity index (χ2n) is 4.97. The second-order valence-corrected chi connectivity index (χ2v) is 5.81. The average molecular weight is 327 g/mol. The van der Waals surface area contributed by atoms with Gasteiger partial charge < -0.3 is 10.1 Å². The van der Waals surface area contributed by atoms with Gasteiger partial charge in [-0.05, 0) is 25.1 Å².